The lowest BCUT2D eigenvalue weighted by Crippen LogP contribution is -2.19. The zero-order chi connectivity index (χ0) is 14.5. The number of nitrogens with one attached hydrogen (secondary N) is 2. The van der Waals surface area contributed by atoms with Gasteiger partial charge in [-0.25, -0.2) is 4.79 Å². The molecule has 2 aromatic carbocycles. The highest BCUT2D eigenvalue weighted by Crippen LogP contribution is 2.15. The minimum absolute atomic E-state index is 0.555. The molecule has 0 heterocycles. The van der Waals surface area contributed by atoms with Gasteiger partial charge in [-0.15, -0.1) is 0 Å². The maximum absolute atomic E-state index is 10.7. The second kappa shape index (κ2) is 6.10. The molecule has 4 nitrogen and oxygen atoms in total. The van der Waals surface area contributed by atoms with Gasteiger partial charge in [-0.3, -0.25) is 0 Å². The lowest BCUT2D eigenvalue weighted by molar-refractivity contribution is 0.259. The maximum Gasteiger partial charge on any atom is 0.316 e. The molecular weight excluding hydrogens is 250 g/mol. The zero-order valence-electron chi connectivity index (χ0n) is 11.7. The van der Waals surface area contributed by atoms with E-state index in [0.29, 0.717) is 5.69 Å². The number of hydrogen-bond donors (Lipinski definition) is 3. The smallest absolute Gasteiger partial charge is 0.316 e. The summed E-state index contributed by atoms with van der Waals surface area (Å²) in [6, 6.07) is 13.3. The van der Waals surface area contributed by atoms with Crippen molar-refractivity contribution in [1.29, 1.82) is 0 Å². The first-order valence-corrected chi connectivity index (χ1v) is 6.51. The topological polar surface area (TPSA) is 67.2 Å². The number of carbonyl (C=O) groups excluding carboxylic acids is 1. The average Bonchev–Trinajstić information content (AvgIpc) is 2.41. The number of hydrogen-bond acceptors (Lipinski definition) is 2. The Morgan fingerprint density at radius 2 is 1.65 bits per heavy atom. The zero-order valence-corrected chi connectivity index (χ0v) is 11.7. The fraction of sp³-hybridized carbons (Fsp3) is 0.188. The number of rotatable bonds is 4. The van der Waals surface area contributed by atoms with Gasteiger partial charge in [-0.1, -0.05) is 18.2 Å². The van der Waals surface area contributed by atoms with Crippen molar-refractivity contribution in [3.8, 4) is 0 Å². The van der Waals surface area contributed by atoms with Crippen LogP contribution in [-0.2, 0) is 6.54 Å². The quantitative estimate of drug-likeness (QED) is 0.796. The number of benzene rings is 2. The number of anilines is 2. The molecule has 0 atom stereocenters. The largest absolute Gasteiger partial charge is 0.381 e. The molecule has 0 aliphatic heterocycles. The first-order valence-electron chi connectivity index (χ1n) is 6.51. The van der Waals surface area contributed by atoms with Crippen molar-refractivity contribution in [3.05, 3.63) is 59.2 Å². The Hall–Kier alpha value is -2.49. The Labute approximate surface area is 119 Å². The van der Waals surface area contributed by atoms with Gasteiger partial charge in [0.05, 0.1) is 0 Å². The fourth-order valence-corrected chi connectivity index (χ4v) is 1.93. The van der Waals surface area contributed by atoms with Gasteiger partial charge in [0.1, 0.15) is 0 Å². The van der Waals surface area contributed by atoms with E-state index in [1.54, 1.807) is 0 Å². The van der Waals surface area contributed by atoms with Gasteiger partial charge in [0, 0.05) is 17.9 Å². The molecule has 0 aliphatic carbocycles. The standard InChI is InChI=1S/C16H19N3O/c1-11-3-4-13(9-12(11)2)10-18-14-5-7-15(8-6-14)19-16(17)20/h3-9,18H,10H2,1-2H3,(H3,17,19,20). The number of aryl methyl sites for hydroxylation is 2. The summed E-state index contributed by atoms with van der Waals surface area (Å²) < 4.78 is 0. The number of nitrogens with two attached hydrogens (primary N) is 1. The minimum atomic E-state index is -0.555. The van der Waals surface area contributed by atoms with Gasteiger partial charge in [-0.05, 0) is 54.8 Å². The van der Waals surface area contributed by atoms with Gasteiger partial charge in [0.15, 0.2) is 0 Å². The van der Waals surface area contributed by atoms with Gasteiger partial charge < -0.3 is 16.4 Å². The van der Waals surface area contributed by atoms with Crippen LogP contribution in [0.2, 0.25) is 0 Å². The maximum atomic E-state index is 10.7. The van der Waals surface area contributed by atoms with Crippen LogP contribution < -0.4 is 16.4 Å². The highest BCUT2D eigenvalue weighted by Gasteiger charge is 1.99. The fourth-order valence-electron chi connectivity index (χ4n) is 1.93. The molecule has 0 spiro atoms. The molecule has 2 aromatic rings. The summed E-state index contributed by atoms with van der Waals surface area (Å²) >= 11 is 0. The van der Waals surface area contributed by atoms with E-state index < -0.39 is 6.03 Å². The average molecular weight is 269 g/mol. The number of urea groups is 1. The molecule has 2 amide bonds. The lowest BCUT2D eigenvalue weighted by Gasteiger charge is -2.09. The molecule has 0 radical (unpaired) electrons. The first-order chi connectivity index (χ1) is 9.54. The molecular formula is C16H19N3O. The van der Waals surface area contributed by atoms with Crippen molar-refractivity contribution in [2.45, 2.75) is 20.4 Å². The molecule has 0 fully saturated rings. The van der Waals surface area contributed by atoms with Crippen LogP contribution in [-0.4, -0.2) is 6.03 Å². The van der Waals surface area contributed by atoms with Crippen molar-refractivity contribution in [2.24, 2.45) is 5.73 Å². The van der Waals surface area contributed by atoms with E-state index in [1.165, 1.54) is 16.7 Å². The highest BCUT2D eigenvalue weighted by atomic mass is 16.2. The molecule has 2 rings (SSSR count). The van der Waals surface area contributed by atoms with Crippen LogP contribution in [0.4, 0.5) is 16.2 Å². The molecule has 4 N–H and O–H groups in total. The van der Waals surface area contributed by atoms with E-state index in [4.69, 9.17) is 5.73 Å². The van der Waals surface area contributed by atoms with Crippen molar-refractivity contribution in [1.82, 2.24) is 0 Å². The van der Waals surface area contributed by atoms with Crippen molar-refractivity contribution in [3.63, 3.8) is 0 Å². The van der Waals surface area contributed by atoms with Crippen molar-refractivity contribution < 1.29 is 4.79 Å². The van der Waals surface area contributed by atoms with E-state index in [9.17, 15) is 4.79 Å². The molecule has 4 heteroatoms. The van der Waals surface area contributed by atoms with Crippen molar-refractivity contribution >= 4 is 17.4 Å². The summed E-state index contributed by atoms with van der Waals surface area (Å²) in [6.45, 7) is 4.99. The molecule has 0 saturated carbocycles. The first kappa shape index (κ1) is 13.9. The Morgan fingerprint density at radius 3 is 2.25 bits per heavy atom. The van der Waals surface area contributed by atoms with Gasteiger partial charge in [-0.2, -0.15) is 0 Å². The predicted molar refractivity (Wildman–Crippen MR) is 82.9 cm³/mol. The number of primary amides is 1. The van der Waals surface area contributed by atoms with E-state index in [0.717, 1.165) is 12.2 Å². The monoisotopic (exact) mass is 269 g/mol. The molecule has 0 saturated heterocycles. The molecule has 0 unspecified atom stereocenters. The van der Waals surface area contributed by atoms with E-state index in [1.807, 2.05) is 24.3 Å². The third kappa shape index (κ3) is 3.75. The summed E-state index contributed by atoms with van der Waals surface area (Å²) in [4.78, 5) is 10.7. The van der Waals surface area contributed by atoms with Crippen LogP contribution >= 0.6 is 0 Å². The summed E-state index contributed by atoms with van der Waals surface area (Å²) in [7, 11) is 0. The molecule has 0 bridgehead atoms. The SMILES string of the molecule is Cc1ccc(CNc2ccc(NC(N)=O)cc2)cc1C. The minimum Gasteiger partial charge on any atom is -0.381 e. The number of amides is 2. The second-order valence-electron chi connectivity index (χ2n) is 4.84. The molecule has 0 aromatic heterocycles. The third-order valence-electron chi connectivity index (χ3n) is 3.22. The van der Waals surface area contributed by atoms with E-state index in [-0.39, 0.29) is 0 Å². The van der Waals surface area contributed by atoms with Crippen LogP contribution in [0.25, 0.3) is 0 Å². The van der Waals surface area contributed by atoms with Crippen LogP contribution in [0.5, 0.6) is 0 Å². The normalized spacial score (nSPS) is 10.1. The Bertz CT molecular complexity index is 606. The van der Waals surface area contributed by atoms with Gasteiger partial charge in [0.2, 0.25) is 0 Å². The summed E-state index contributed by atoms with van der Waals surface area (Å²) in [5.41, 5.74) is 10.6. The summed E-state index contributed by atoms with van der Waals surface area (Å²) in [6.07, 6.45) is 0. The third-order valence-corrected chi connectivity index (χ3v) is 3.22. The van der Waals surface area contributed by atoms with Crippen LogP contribution in [0.3, 0.4) is 0 Å². The van der Waals surface area contributed by atoms with Gasteiger partial charge >= 0.3 is 6.03 Å². The van der Waals surface area contributed by atoms with Crippen molar-refractivity contribution in [2.75, 3.05) is 10.6 Å². The Balaban J connectivity index is 1.96. The Morgan fingerprint density at radius 1 is 1.00 bits per heavy atom. The molecule has 0 aliphatic rings. The molecule has 104 valence electrons. The Kier molecular flexibility index (Phi) is 4.25. The summed E-state index contributed by atoms with van der Waals surface area (Å²) in [5.74, 6) is 0. The van der Waals surface area contributed by atoms with E-state index >= 15 is 0 Å². The van der Waals surface area contributed by atoms with Crippen LogP contribution in [0.1, 0.15) is 16.7 Å². The predicted octanol–water partition coefficient (Wildman–Crippen LogP) is 3.41. The van der Waals surface area contributed by atoms with E-state index in [2.05, 4.69) is 42.7 Å². The van der Waals surface area contributed by atoms with Gasteiger partial charge in [0.25, 0.3) is 0 Å². The molecule has 20 heavy (non-hydrogen) atoms. The lowest BCUT2D eigenvalue weighted by atomic mass is 10.1. The van der Waals surface area contributed by atoms with Crippen LogP contribution in [0, 0.1) is 13.8 Å². The number of carbonyl (C=O) groups is 1. The second-order valence-corrected chi connectivity index (χ2v) is 4.84. The van der Waals surface area contributed by atoms with Crippen LogP contribution in [0.15, 0.2) is 42.5 Å². The highest BCUT2D eigenvalue weighted by molar-refractivity contribution is 5.87. The summed E-state index contributed by atoms with van der Waals surface area (Å²) in [5, 5.41) is 5.87.